The lowest BCUT2D eigenvalue weighted by atomic mass is 10.1. The van der Waals surface area contributed by atoms with E-state index >= 15 is 0 Å². The van der Waals surface area contributed by atoms with Gasteiger partial charge in [0.1, 0.15) is 0 Å². The van der Waals surface area contributed by atoms with Gasteiger partial charge in [0.15, 0.2) is 0 Å². The van der Waals surface area contributed by atoms with Crippen LogP contribution < -0.4 is 10.2 Å². The maximum atomic E-state index is 3.79. The van der Waals surface area contributed by atoms with Crippen molar-refractivity contribution in [2.24, 2.45) is 5.92 Å². The summed E-state index contributed by atoms with van der Waals surface area (Å²) < 4.78 is 1.21. The fraction of sp³-hybridized carbons (Fsp3) is 0.667. The fourth-order valence-corrected chi connectivity index (χ4v) is 3.38. The Hall–Kier alpha value is -0.540. The van der Waals surface area contributed by atoms with Crippen LogP contribution in [0, 0.1) is 5.92 Å². The van der Waals surface area contributed by atoms with Gasteiger partial charge in [0, 0.05) is 23.6 Å². The summed E-state index contributed by atoms with van der Waals surface area (Å²) in [4.78, 5) is 2.58. The van der Waals surface area contributed by atoms with E-state index in [4.69, 9.17) is 0 Å². The summed E-state index contributed by atoms with van der Waals surface area (Å²) in [5, 5.41) is 3.38. The minimum atomic E-state index is 0.614. The number of rotatable bonds is 9. The fourth-order valence-electron chi connectivity index (χ4n) is 2.73. The number of nitrogens with one attached hydrogen (secondary N) is 1. The van der Waals surface area contributed by atoms with Crippen molar-refractivity contribution in [1.82, 2.24) is 5.32 Å². The Bertz CT molecular complexity index is 414. The molecule has 1 N–H and O–H groups in total. The van der Waals surface area contributed by atoms with Crippen LogP contribution >= 0.6 is 15.9 Å². The van der Waals surface area contributed by atoms with Crippen molar-refractivity contribution in [3.05, 3.63) is 28.2 Å². The summed E-state index contributed by atoms with van der Waals surface area (Å²) in [7, 11) is 0. The van der Waals surface area contributed by atoms with Crippen LogP contribution in [-0.4, -0.2) is 19.1 Å². The van der Waals surface area contributed by atoms with E-state index in [1.165, 1.54) is 28.6 Å². The first-order chi connectivity index (χ1) is 10.0. The Kier molecular flexibility index (Phi) is 8.35. The number of hydrogen-bond acceptors (Lipinski definition) is 2. The molecule has 0 bridgehead atoms. The zero-order valence-electron chi connectivity index (χ0n) is 14.2. The Balaban J connectivity index is 3.01. The molecule has 0 aliphatic rings. The van der Waals surface area contributed by atoms with Crippen LogP contribution in [-0.2, 0) is 6.54 Å². The van der Waals surface area contributed by atoms with E-state index in [0.29, 0.717) is 12.0 Å². The summed E-state index contributed by atoms with van der Waals surface area (Å²) >= 11 is 3.79. The van der Waals surface area contributed by atoms with E-state index in [0.717, 1.165) is 19.6 Å². The molecule has 1 aromatic carbocycles. The number of benzene rings is 1. The van der Waals surface area contributed by atoms with Gasteiger partial charge < -0.3 is 10.2 Å². The van der Waals surface area contributed by atoms with E-state index < -0.39 is 0 Å². The molecule has 0 spiro atoms. The predicted octanol–water partition coefficient (Wildman–Crippen LogP) is 5.21. The first kappa shape index (κ1) is 18.5. The average Bonchev–Trinajstić information content (AvgIpc) is 2.45. The van der Waals surface area contributed by atoms with E-state index in [9.17, 15) is 0 Å². The highest BCUT2D eigenvalue weighted by Gasteiger charge is 2.19. The number of halogens is 1. The lowest BCUT2D eigenvalue weighted by Gasteiger charge is -2.35. The van der Waals surface area contributed by atoms with Crippen molar-refractivity contribution in [2.75, 3.05) is 18.0 Å². The maximum absolute atomic E-state index is 3.79. The number of anilines is 1. The second-order valence-electron chi connectivity index (χ2n) is 6.08. The van der Waals surface area contributed by atoms with Crippen LogP contribution in [0.3, 0.4) is 0 Å². The van der Waals surface area contributed by atoms with Crippen LogP contribution in [0.5, 0.6) is 0 Å². The highest BCUT2D eigenvalue weighted by molar-refractivity contribution is 9.10. The van der Waals surface area contributed by atoms with E-state index in [-0.39, 0.29) is 0 Å². The molecule has 1 aromatic rings. The van der Waals surface area contributed by atoms with Crippen LogP contribution in [0.15, 0.2) is 22.7 Å². The molecule has 0 fully saturated rings. The normalized spacial score (nSPS) is 11.4. The Labute approximate surface area is 139 Å². The summed E-state index contributed by atoms with van der Waals surface area (Å²) in [5.74, 6) is 0.666. The van der Waals surface area contributed by atoms with Gasteiger partial charge in [0.25, 0.3) is 0 Å². The quantitative estimate of drug-likeness (QED) is 0.654. The van der Waals surface area contributed by atoms with Gasteiger partial charge in [0.05, 0.1) is 5.69 Å². The monoisotopic (exact) mass is 354 g/mol. The first-order valence-corrected chi connectivity index (χ1v) is 9.08. The van der Waals surface area contributed by atoms with Crippen LogP contribution in [0.4, 0.5) is 5.69 Å². The molecule has 120 valence electrons. The van der Waals surface area contributed by atoms with E-state index in [2.05, 4.69) is 79.0 Å². The van der Waals surface area contributed by atoms with Gasteiger partial charge in [-0.25, -0.2) is 0 Å². The lowest BCUT2D eigenvalue weighted by molar-refractivity contribution is 0.507. The third-order valence-corrected chi connectivity index (χ3v) is 4.48. The zero-order valence-corrected chi connectivity index (χ0v) is 15.8. The summed E-state index contributed by atoms with van der Waals surface area (Å²) in [6.45, 7) is 14.4. The van der Waals surface area contributed by atoms with Gasteiger partial charge in [0.2, 0.25) is 0 Å². The highest BCUT2D eigenvalue weighted by atomic mass is 79.9. The average molecular weight is 355 g/mol. The highest BCUT2D eigenvalue weighted by Crippen LogP contribution is 2.31. The molecule has 0 aliphatic heterocycles. The van der Waals surface area contributed by atoms with Crippen molar-refractivity contribution in [3.63, 3.8) is 0 Å². The van der Waals surface area contributed by atoms with Gasteiger partial charge in [-0.15, -0.1) is 0 Å². The Morgan fingerprint density at radius 2 is 1.81 bits per heavy atom. The third kappa shape index (κ3) is 5.63. The topological polar surface area (TPSA) is 15.3 Å². The van der Waals surface area contributed by atoms with Crippen LogP contribution in [0.1, 0.15) is 53.0 Å². The maximum Gasteiger partial charge on any atom is 0.0513 e. The molecule has 2 nitrogen and oxygen atoms in total. The largest absolute Gasteiger partial charge is 0.367 e. The van der Waals surface area contributed by atoms with Gasteiger partial charge in [-0.2, -0.15) is 0 Å². The molecular weight excluding hydrogens is 324 g/mol. The van der Waals surface area contributed by atoms with Gasteiger partial charge in [-0.1, -0.05) is 40.7 Å². The molecular formula is C18H31BrN2. The smallest absolute Gasteiger partial charge is 0.0513 e. The molecule has 0 saturated heterocycles. The van der Waals surface area contributed by atoms with Gasteiger partial charge in [-0.3, -0.25) is 0 Å². The Morgan fingerprint density at radius 3 is 2.29 bits per heavy atom. The van der Waals surface area contributed by atoms with Gasteiger partial charge >= 0.3 is 0 Å². The Morgan fingerprint density at radius 1 is 1.14 bits per heavy atom. The molecule has 0 saturated carbocycles. The third-order valence-electron chi connectivity index (χ3n) is 3.85. The summed E-state index contributed by atoms with van der Waals surface area (Å²) in [6, 6.07) is 7.40. The molecule has 21 heavy (non-hydrogen) atoms. The van der Waals surface area contributed by atoms with Crippen molar-refractivity contribution in [3.8, 4) is 0 Å². The molecule has 0 amide bonds. The molecule has 3 heteroatoms. The lowest BCUT2D eigenvalue weighted by Crippen LogP contribution is -2.37. The van der Waals surface area contributed by atoms with Gasteiger partial charge in [-0.05, 0) is 58.9 Å². The summed E-state index contributed by atoms with van der Waals surface area (Å²) in [6.07, 6.45) is 2.38. The SMILES string of the molecule is CCNCc1ccc(N(CC(C)C)C(CC)CC)c(Br)c1. The van der Waals surface area contributed by atoms with Crippen molar-refractivity contribution in [1.29, 1.82) is 0 Å². The number of nitrogens with zero attached hydrogens (tertiary/aromatic N) is 1. The molecule has 0 unspecified atom stereocenters. The summed E-state index contributed by atoms with van der Waals surface area (Å²) in [5.41, 5.74) is 2.67. The minimum Gasteiger partial charge on any atom is -0.367 e. The molecule has 0 heterocycles. The van der Waals surface area contributed by atoms with Crippen molar-refractivity contribution in [2.45, 2.75) is 60.0 Å². The zero-order chi connectivity index (χ0) is 15.8. The second-order valence-corrected chi connectivity index (χ2v) is 6.94. The standard InChI is InChI=1S/C18H31BrN2/c1-6-16(7-2)21(13-14(4)5)18-10-9-15(11-17(18)19)12-20-8-3/h9-11,14,16,20H,6-8,12-13H2,1-5H3. The van der Waals surface area contributed by atoms with Crippen molar-refractivity contribution >= 4 is 21.6 Å². The van der Waals surface area contributed by atoms with Crippen LogP contribution in [0.25, 0.3) is 0 Å². The minimum absolute atomic E-state index is 0.614. The van der Waals surface area contributed by atoms with Crippen molar-refractivity contribution < 1.29 is 0 Å². The first-order valence-electron chi connectivity index (χ1n) is 8.29. The van der Waals surface area contributed by atoms with Crippen LogP contribution in [0.2, 0.25) is 0 Å². The molecule has 0 radical (unpaired) electrons. The molecule has 0 aliphatic carbocycles. The molecule has 1 rings (SSSR count). The van der Waals surface area contributed by atoms with E-state index in [1.807, 2.05) is 0 Å². The molecule has 0 atom stereocenters. The molecule has 0 aromatic heterocycles. The second kappa shape index (κ2) is 9.47. The predicted molar refractivity (Wildman–Crippen MR) is 98.1 cm³/mol. The number of hydrogen-bond donors (Lipinski definition) is 1. The van der Waals surface area contributed by atoms with E-state index in [1.54, 1.807) is 0 Å².